The van der Waals surface area contributed by atoms with Gasteiger partial charge in [-0.25, -0.2) is 8.78 Å². The standard InChI is InChI=1S/C21H25ClF2N2O.C2H4N2/c22-18-3-1-16(2-4-18)20(27)8-13-26(14-9-20)19-6-11-25(12-7-19)10-5-17-15-21(17,23)24;1-3-4-2/h1-4,6-7,11,17,27H,5,8-10,12-15H2;1-2H2. The van der Waals surface area contributed by atoms with Gasteiger partial charge in [0.05, 0.1) is 5.60 Å². The number of rotatable bonds is 6. The number of aliphatic hydroxyl groups is 1. The van der Waals surface area contributed by atoms with Crippen molar-refractivity contribution in [3.63, 3.8) is 0 Å². The van der Waals surface area contributed by atoms with E-state index in [2.05, 4.69) is 45.6 Å². The molecule has 2 heterocycles. The molecule has 4 rings (SSSR count). The fourth-order valence-corrected chi connectivity index (χ4v) is 4.14. The van der Waals surface area contributed by atoms with Gasteiger partial charge in [-0.1, -0.05) is 23.7 Å². The average molecular weight is 451 g/mol. The first-order valence-electron chi connectivity index (χ1n) is 10.4. The molecule has 1 N–H and O–H groups in total. The second kappa shape index (κ2) is 9.92. The molecule has 1 unspecified atom stereocenters. The van der Waals surface area contributed by atoms with E-state index in [1.165, 1.54) is 0 Å². The van der Waals surface area contributed by atoms with Crippen LogP contribution in [0.1, 0.15) is 31.2 Å². The van der Waals surface area contributed by atoms with Crippen LogP contribution >= 0.6 is 11.6 Å². The van der Waals surface area contributed by atoms with Crippen LogP contribution in [0.2, 0.25) is 5.02 Å². The van der Waals surface area contributed by atoms with Gasteiger partial charge in [0, 0.05) is 68.9 Å². The molecule has 1 atom stereocenters. The zero-order valence-corrected chi connectivity index (χ0v) is 18.3. The first-order chi connectivity index (χ1) is 14.8. The predicted molar refractivity (Wildman–Crippen MR) is 122 cm³/mol. The van der Waals surface area contributed by atoms with E-state index in [0.717, 1.165) is 30.9 Å². The fraction of sp³-hybridized carbons (Fsp3) is 0.478. The van der Waals surface area contributed by atoms with E-state index in [9.17, 15) is 13.9 Å². The Kier molecular flexibility index (Phi) is 7.49. The first kappa shape index (κ1) is 23.4. The summed E-state index contributed by atoms with van der Waals surface area (Å²) in [5.41, 5.74) is 1.27. The van der Waals surface area contributed by atoms with Crippen molar-refractivity contribution in [1.82, 2.24) is 9.80 Å². The van der Waals surface area contributed by atoms with Gasteiger partial charge in [-0.2, -0.15) is 10.2 Å². The maximum absolute atomic E-state index is 13.0. The largest absolute Gasteiger partial charge is 0.385 e. The minimum absolute atomic E-state index is 0.0515. The normalized spacial score (nSPS) is 23.4. The van der Waals surface area contributed by atoms with Gasteiger partial charge in [0.2, 0.25) is 0 Å². The highest BCUT2D eigenvalue weighted by atomic mass is 35.5. The van der Waals surface area contributed by atoms with Crippen LogP contribution in [-0.2, 0) is 5.60 Å². The molecular weight excluding hydrogens is 422 g/mol. The van der Waals surface area contributed by atoms with Crippen LogP contribution < -0.4 is 0 Å². The van der Waals surface area contributed by atoms with Gasteiger partial charge >= 0.3 is 0 Å². The van der Waals surface area contributed by atoms with Crippen molar-refractivity contribution in [3.05, 3.63) is 58.9 Å². The van der Waals surface area contributed by atoms with Crippen molar-refractivity contribution in [3.8, 4) is 0 Å². The molecule has 8 heteroatoms. The third-order valence-corrected chi connectivity index (χ3v) is 6.40. The summed E-state index contributed by atoms with van der Waals surface area (Å²) in [4.78, 5) is 4.37. The molecule has 0 radical (unpaired) electrons. The van der Waals surface area contributed by atoms with Gasteiger partial charge in [-0.15, -0.1) is 0 Å². The molecule has 3 aliphatic rings. The summed E-state index contributed by atoms with van der Waals surface area (Å²) in [7, 11) is 0. The van der Waals surface area contributed by atoms with Gasteiger partial charge in [0.15, 0.2) is 0 Å². The molecule has 2 aliphatic heterocycles. The maximum atomic E-state index is 13.0. The Bertz CT molecular complexity index is 826. The highest BCUT2D eigenvalue weighted by Crippen LogP contribution is 2.50. The number of nitrogens with zero attached hydrogens (tertiary/aromatic N) is 4. The number of benzene rings is 1. The molecule has 5 nitrogen and oxygen atoms in total. The number of halogens is 3. The lowest BCUT2D eigenvalue weighted by Gasteiger charge is -2.41. The molecule has 1 saturated heterocycles. The lowest BCUT2D eigenvalue weighted by Crippen LogP contribution is -2.42. The second-order valence-corrected chi connectivity index (χ2v) is 8.64. The number of allylic oxidation sites excluding steroid dienone is 1. The maximum Gasteiger partial charge on any atom is 0.251 e. The van der Waals surface area contributed by atoms with Crippen LogP contribution in [0.5, 0.6) is 0 Å². The number of hydrogen-bond acceptors (Lipinski definition) is 5. The Morgan fingerprint density at radius 2 is 1.74 bits per heavy atom. The zero-order valence-electron chi connectivity index (χ0n) is 17.6. The van der Waals surface area contributed by atoms with Gasteiger partial charge in [-0.05, 0) is 49.1 Å². The number of hydrogen-bond donors (Lipinski definition) is 1. The topological polar surface area (TPSA) is 51.4 Å². The van der Waals surface area contributed by atoms with Crippen molar-refractivity contribution in [2.24, 2.45) is 16.1 Å². The molecule has 1 saturated carbocycles. The summed E-state index contributed by atoms with van der Waals surface area (Å²) in [5, 5.41) is 17.7. The summed E-state index contributed by atoms with van der Waals surface area (Å²) >= 11 is 5.94. The molecule has 1 aliphatic carbocycles. The Morgan fingerprint density at radius 3 is 2.23 bits per heavy atom. The van der Waals surface area contributed by atoms with E-state index < -0.39 is 17.4 Å². The van der Waals surface area contributed by atoms with Crippen LogP contribution in [0.4, 0.5) is 8.78 Å². The molecule has 168 valence electrons. The molecule has 0 aromatic heterocycles. The third-order valence-electron chi connectivity index (χ3n) is 6.15. The first-order valence-corrected chi connectivity index (χ1v) is 10.8. The minimum atomic E-state index is -2.42. The lowest BCUT2D eigenvalue weighted by atomic mass is 9.84. The summed E-state index contributed by atoms with van der Waals surface area (Å²) < 4.78 is 26.0. The van der Waals surface area contributed by atoms with Crippen LogP contribution in [-0.4, -0.2) is 60.4 Å². The Hall–Kier alpha value is -2.25. The van der Waals surface area contributed by atoms with Crippen molar-refractivity contribution in [2.45, 2.75) is 37.2 Å². The van der Waals surface area contributed by atoms with Gasteiger partial charge < -0.3 is 14.9 Å². The number of piperidine rings is 1. The monoisotopic (exact) mass is 450 g/mol. The van der Waals surface area contributed by atoms with Crippen LogP contribution in [0.15, 0.2) is 58.5 Å². The molecule has 2 fully saturated rings. The summed E-state index contributed by atoms with van der Waals surface area (Å²) in [6.45, 7) is 8.99. The molecule has 0 bridgehead atoms. The van der Waals surface area contributed by atoms with E-state index in [-0.39, 0.29) is 6.42 Å². The summed E-state index contributed by atoms with van der Waals surface area (Å²) in [5.74, 6) is -2.85. The fourth-order valence-electron chi connectivity index (χ4n) is 4.01. The van der Waals surface area contributed by atoms with E-state index in [0.29, 0.717) is 30.8 Å². The van der Waals surface area contributed by atoms with Crippen molar-refractivity contribution in [2.75, 3.05) is 26.2 Å². The van der Waals surface area contributed by atoms with Crippen molar-refractivity contribution < 1.29 is 13.9 Å². The quantitative estimate of drug-likeness (QED) is 0.505. The molecule has 0 spiro atoms. The zero-order chi connectivity index (χ0) is 22.5. The molecule has 1 aromatic rings. The minimum Gasteiger partial charge on any atom is -0.385 e. The predicted octanol–water partition coefficient (Wildman–Crippen LogP) is 4.68. The van der Waals surface area contributed by atoms with Crippen LogP contribution in [0.25, 0.3) is 0 Å². The smallest absolute Gasteiger partial charge is 0.251 e. The van der Waals surface area contributed by atoms with E-state index >= 15 is 0 Å². The Balaban J connectivity index is 0.000000628. The van der Waals surface area contributed by atoms with E-state index in [1.807, 2.05) is 30.5 Å². The van der Waals surface area contributed by atoms with Crippen LogP contribution in [0, 0.1) is 5.92 Å². The lowest BCUT2D eigenvalue weighted by molar-refractivity contribution is -0.0180. The second-order valence-electron chi connectivity index (χ2n) is 8.20. The Labute approximate surface area is 187 Å². The van der Waals surface area contributed by atoms with Crippen molar-refractivity contribution >= 4 is 25.0 Å². The third kappa shape index (κ3) is 6.14. The average Bonchev–Trinajstić information content (AvgIpc) is 3.40. The number of likely N-dealkylation sites (tertiary alicyclic amines) is 1. The van der Waals surface area contributed by atoms with Gasteiger partial charge in [0.25, 0.3) is 5.92 Å². The summed E-state index contributed by atoms with van der Waals surface area (Å²) in [6.07, 6.45) is 8.16. The van der Waals surface area contributed by atoms with Gasteiger partial charge in [0.1, 0.15) is 0 Å². The van der Waals surface area contributed by atoms with E-state index in [1.54, 1.807) is 0 Å². The number of alkyl halides is 2. The molecule has 31 heavy (non-hydrogen) atoms. The highest BCUT2D eigenvalue weighted by molar-refractivity contribution is 6.30. The summed E-state index contributed by atoms with van der Waals surface area (Å²) in [6, 6.07) is 7.44. The van der Waals surface area contributed by atoms with E-state index in [4.69, 9.17) is 11.6 Å². The molecule has 0 amide bonds. The highest BCUT2D eigenvalue weighted by Gasteiger charge is 2.56. The van der Waals surface area contributed by atoms with Crippen molar-refractivity contribution in [1.29, 1.82) is 0 Å². The molecule has 1 aromatic carbocycles. The molecular formula is C23H29ClF2N4O. The Morgan fingerprint density at radius 1 is 1.13 bits per heavy atom. The van der Waals surface area contributed by atoms with Gasteiger partial charge in [-0.3, -0.25) is 0 Å². The van der Waals surface area contributed by atoms with Crippen LogP contribution in [0.3, 0.4) is 0 Å². The SMILES string of the molecule is C=NN=C.OC1(c2ccc(Cl)cc2)CCN(C2=CCN(CCC3CC3(F)F)C=C2)CC1.